The maximum absolute atomic E-state index is 12.3. The summed E-state index contributed by atoms with van der Waals surface area (Å²) in [4.78, 5) is 23.4. The quantitative estimate of drug-likeness (QED) is 0.713. The van der Waals surface area contributed by atoms with E-state index in [9.17, 15) is 4.79 Å². The Labute approximate surface area is 145 Å². The number of ether oxygens (including phenoxy) is 1. The van der Waals surface area contributed by atoms with Gasteiger partial charge in [0.05, 0.1) is 30.9 Å². The Hall–Kier alpha value is -2.67. The normalized spacial score (nSPS) is 17.5. The number of hydrogen-bond acceptors (Lipinski definition) is 5. The molecule has 1 amide bonds. The molecule has 4 rings (SSSR count). The van der Waals surface area contributed by atoms with Crippen LogP contribution in [0.1, 0.15) is 18.9 Å². The third-order valence-corrected chi connectivity index (χ3v) is 4.63. The highest BCUT2D eigenvalue weighted by atomic mass is 16.5. The van der Waals surface area contributed by atoms with Crippen LogP contribution in [0.25, 0.3) is 22.6 Å². The molecule has 0 aromatic carbocycles. The molecule has 7 heteroatoms. The molecule has 0 spiro atoms. The standard InChI is InChI=1S/C18H20N4O3/c1-24-9-6-16(23)21-8-4-14(11-21)22-17(13-5-10-25-12-13)20-15-3-2-7-19-18(15)22/h2-3,5,7,10,12,14H,4,6,8-9,11H2,1H3/t14-/m1/s1. The first-order valence-corrected chi connectivity index (χ1v) is 8.40. The summed E-state index contributed by atoms with van der Waals surface area (Å²) in [6.07, 6.45) is 6.40. The molecular weight excluding hydrogens is 320 g/mol. The van der Waals surface area contributed by atoms with Gasteiger partial charge in [-0.2, -0.15) is 0 Å². The number of nitrogens with zero attached hydrogens (tertiary/aromatic N) is 4. The fourth-order valence-electron chi connectivity index (χ4n) is 3.40. The second kappa shape index (κ2) is 6.68. The van der Waals surface area contributed by atoms with Gasteiger partial charge in [-0.05, 0) is 24.6 Å². The highest BCUT2D eigenvalue weighted by Crippen LogP contribution is 2.32. The first-order valence-electron chi connectivity index (χ1n) is 8.40. The van der Waals surface area contributed by atoms with Crippen molar-refractivity contribution in [3.05, 3.63) is 36.9 Å². The summed E-state index contributed by atoms with van der Waals surface area (Å²) in [6.45, 7) is 1.86. The van der Waals surface area contributed by atoms with Gasteiger partial charge in [0.15, 0.2) is 5.65 Å². The Bertz CT molecular complexity index is 872. The zero-order valence-electron chi connectivity index (χ0n) is 14.1. The molecule has 1 fully saturated rings. The van der Waals surface area contributed by atoms with E-state index < -0.39 is 0 Å². The molecule has 0 N–H and O–H groups in total. The summed E-state index contributed by atoms with van der Waals surface area (Å²) >= 11 is 0. The average Bonchev–Trinajstić information content (AvgIpc) is 3.37. The molecule has 0 unspecified atom stereocenters. The minimum atomic E-state index is 0.131. The average molecular weight is 340 g/mol. The predicted molar refractivity (Wildman–Crippen MR) is 92.0 cm³/mol. The predicted octanol–water partition coefficient (Wildman–Crippen LogP) is 2.50. The van der Waals surface area contributed by atoms with Crippen molar-refractivity contribution >= 4 is 17.1 Å². The number of methoxy groups -OCH3 is 1. The number of hydrogen-bond donors (Lipinski definition) is 0. The zero-order valence-corrected chi connectivity index (χ0v) is 14.1. The van der Waals surface area contributed by atoms with E-state index in [4.69, 9.17) is 14.1 Å². The van der Waals surface area contributed by atoms with E-state index >= 15 is 0 Å². The van der Waals surface area contributed by atoms with Gasteiger partial charge in [0, 0.05) is 26.4 Å². The van der Waals surface area contributed by atoms with E-state index in [1.165, 1.54) is 0 Å². The third-order valence-electron chi connectivity index (χ3n) is 4.63. The van der Waals surface area contributed by atoms with Gasteiger partial charge in [-0.1, -0.05) is 0 Å². The van der Waals surface area contributed by atoms with Gasteiger partial charge in [-0.25, -0.2) is 9.97 Å². The number of furan rings is 1. The van der Waals surface area contributed by atoms with E-state index in [2.05, 4.69) is 9.55 Å². The van der Waals surface area contributed by atoms with Crippen molar-refractivity contribution in [3.63, 3.8) is 0 Å². The van der Waals surface area contributed by atoms with Crippen LogP contribution in [0.2, 0.25) is 0 Å². The van der Waals surface area contributed by atoms with Gasteiger partial charge < -0.3 is 18.6 Å². The van der Waals surface area contributed by atoms with Crippen LogP contribution in [0.4, 0.5) is 0 Å². The molecular formula is C18H20N4O3. The number of fused-ring (bicyclic) bond motifs is 1. The Morgan fingerprint density at radius 2 is 2.36 bits per heavy atom. The summed E-state index contributed by atoms with van der Waals surface area (Å²) in [6, 6.07) is 5.89. The molecule has 1 saturated heterocycles. The lowest BCUT2D eigenvalue weighted by Crippen LogP contribution is -2.29. The molecule has 0 saturated carbocycles. The SMILES string of the molecule is COCCC(=O)N1CC[C@@H](n2c(-c3ccoc3)nc3cccnc32)C1. The van der Waals surface area contributed by atoms with E-state index in [0.29, 0.717) is 19.6 Å². The fraction of sp³-hybridized carbons (Fsp3) is 0.389. The molecule has 1 aliphatic rings. The molecule has 130 valence electrons. The first-order chi connectivity index (χ1) is 12.3. The van der Waals surface area contributed by atoms with E-state index in [0.717, 1.165) is 35.5 Å². The molecule has 3 aromatic rings. The van der Waals surface area contributed by atoms with Crippen molar-refractivity contribution in [3.8, 4) is 11.4 Å². The van der Waals surface area contributed by atoms with E-state index in [1.807, 2.05) is 23.1 Å². The summed E-state index contributed by atoms with van der Waals surface area (Å²) in [7, 11) is 1.61. The van der Waals surface area contributed by atoms with Crippen molar-refractivity contribution in [2.24, 2.45) is 0 Å². The van der Waals surface area contributed by atoms with E-state index in [1.54, 1.807) is 25.8 Å². The van der Waals surface area contributed by atoms with Crippen LogP contribution in [-0.2, 0) is 9.53 Å². The Kier molecular flexibility index (Phi) is 4.23. The number of carbonyl (C=O) groups is 1. The highest BCUT2D eigenvalue weighted by Gasteiger charge is 2.30. The number of imidazole rings is 1. The number of pyridine rings is 1. The van der Waals surface area contributed by atoms with Crippen LogP contribution >= 0.6 is 0 Å². The topological polar surface area (TPSA) is 73.4 Å². The molecule has 0 radical (unpaired) electrons. The maximum atomic E-state index is 12.3. The van der Waals surface area contributed by atoms with E-state index in [-0.39, 0.29) is 11.9 Å². The maximum Gasteiger partial charge on any atom is 0.224 e. The highest BCUT2D eigenvalue weighted by molar-refractivity contribution is 5.78. The van der Waals surface area contributed by atoms with Crippen molar-refractivity contribution in [1.82, 2.24) is 19.4 Å². The summed E-state index contributed by atoms with van der Waals surface area (Å²) in [5, 5.41) is 0. The molecule has 1 atom stereocenters. The lowest BCUT2D eigenvalue weighted by molar-refractivity contribution is -0.131. The monoisotopic (exact) mass is 340 g/mol. The lowest BCUT2D eigenvalue weighted by atomic mass is 10.2. The largest absolute Gasteiger partial charge is 0.472 e. The molecule has 4 heterocycles. The number of likely N-dealkylation sites (tertiary alicyclic amines) is 1. The van der Waals surface area contributed by atoms with Crippen molar-refractivity contribution in [2.45, 2.75) is 18.9 Å². The number of rotatable bonds is 5. The van der Waals surface area contributed by atoms with Crippen LogP contribution in [0.3, 0.4) is 0 Å². The number of amides is 1. The Morgan fingerprint density at radius 3 is 3.16 bits per heavy atom. The van der Waals surface area contributed by atoms with Crippen molar-refractivity contribution in [2.75, 3.05) is 26.8 Å². The van der Waals surface area contributed by atoms with Gasteiger partial charge in [-0.15, -0.1) is 0 Å². The molecule has 3 aromatic heterocycles. The van der Waals surface area contributed by atoms with Crippen LogP contribution in [0.5, 0.6) is 0 Å². The summed E-state index contributed by atoms with van der Waals surface area (Å²) in [5.41, 5.74) is 2.61. The van der Waals surface area contributed by atoms with Crippen molar-refractivity contribution < 1.29 is 13.9 Å². The van der Waals surface area contributed by atoms with Gasteiger partial charge in [-0.3, -0.25) is 4.79 Å². The zero-order chi connectivity index (χ0) is 17.2. The number of aromatic nitrogens is 3. The minimum absolute atomic E-state index is 0.131. The van der Waals surface area contributed by atoms with Crippen LogP contribution in [0.15, 0.2) is 41.3 Å². The molecule has 25 heavy (non-hydrogen) atoms. The first kappa shape index (κ1) is 15.8. The summed E-state index contributed by atoms with van der Waals surface area (Å²) < 4.78 is 12.4. The van der Waals surface area contributed by atoms with Gasteiger partial charge in [0.2, 0.25) is 5.91 Å². The molecule has 7 nitrogen and oxygen atoms in total. The lowest BCUT2D eigenvalue weighted by Gasteiger charge is -2.18. The second-order valence-electron chi connectivity index (χ2n) is 6.19. The van der Waals surface area contributed by atoms with Gasteiger partial charge >= 0.3 is 0 Å². The fourth-order valence-corrected chi connectivity index (χ4v) is 3.40. The second-order valence-corrected chi connectivity index (χ2v) is 6.19. The van der Waals surface area contributed by atoms with Gasteiger partial charge in [0.25, 0.3) is 0 Å². The molecule has 0 bridgehead atoms. The summed E-state index contributed by atoms with van der Waals surface area (Å²) in [5.74, 6) is 0.963. The Balaban J connectivity index is 1.67. The third kappa shape index (κ3) is 2.91. The minimum Gasteiger partial charge on any atom is -0.472 e. The Morgan fingerprint density at radius 1 is 1.44 bits per heavy atom. The van der Waals surface area contributed by atoms with Crippen molar-refractivity contribution in [1.29, 1.82) is 0 Å². The van der Waals surface area contributed by atoms with Gasteiger partial charge in [0.1, 0.15) is 17.6 Å². The molecule has 0 aliphatic carbocycles. The van der Waals surface area contributed by atoms with Crippen LogP contribution in [0, 0.1) is 0 Å². The smallest absolute Gasteiger partial charge is 0.224 e. The molecule has 1 aliphatic heterocycles. The van der Waals surface area contributed by atoms with Crippen LogP contribution < -0.4 is 0 Å². The van der Waals surface area contributed by atoms with Crippen LogP contribution in [-0.4, -0.2) is 52.1 Å². The number of carbonyl (C=O) groups excluding carboxylic acids is 1.